The minimum atomic E-state index is -0.559. The van der Waals surface area contributed by atoms with Gasteiger partial charge >= 0.3 is 5.82 Å². The van der Waals surface area contributed by atoms with Gasteiger partial charge in [-0.3, -0.25) is 4.79 Å². The molecular weight excluding hydrogens is 304 g/mol. The van der Waals surface area contributed by atoms with Crippen molar-refractivity contribution in [3.05, 3.63) is 34.3 Å². The molecule has 10 heteroatoms. The highest BCUT2D eigenvalue weighted by molar-refractivity contribution is 5.90. The predicted molar refractivity (Wildman–Crippen MR) is 80.7 cm³/mol. The van der Waals surface area contributed by atoms with E-state index in [9.17, 15) is 14.9 Å². The van der Waals surface area contributed by atoms with Gasteiger partial charge in [0.1, 0.15) is 6.73 Å². The van der Waals surface area contributed by atoms with Crippen molar-refractivity contribution in [2.75, 3.05) is 11.9 Å². The van der Waals surface area contributed by atoms with Gasteiger partial charge in [0, 0.05) is 13.0 Å². The third-order valence-electron chi connectivity index (χ3n) is 3.05. The summed E-state index contributed by atoms with van der Waals surface area (Å²) in [5, 5.41) is 21.2. The zero-order chi connectivity index (χ0) is 16.8. The summed E-state index contributed by atoms with van der Waals surface area (Å²) >= 11 is 0. The van der Waals surface area contributed by atoms with E-state index in [1.807, 2.05) is 6.92 Å². The third-order valence-corrected chi connectivity index (χ3v) is 3.05. The van der Waals surface area contributed by atoms with Crippen LogP contribution in [0.15, 0.2) is 18.5 Å². The van der Waals surface area contributed by atoms with E-state index in [0.717, 1.165) is 0 Å². The Labute approximate surface area is 132 Å². The number of amides is 1. The number of hydrogen-bond donors (Lipinski definition) is 1. The monoisotopic (exact) mass is 322 g/mol. The first-order valence-corrected chi connectivity index (χ1v) is 7.08. The van der Waals surface area contributed by atoms with Crippen molar-refractivity contribution in [1.29, 1.82) is 0 Å². The van der Waals surface area contributed by atoms with E-state index in [0.29, 0.717) is 24.7 Å². The van der Waals surface area contributed by atoms with E-state index in [4.69, 9.17) is 4.74 Å². The Bertz CT molecular complexity index is 692. The first-order chi connectivity index (χ1) is 11.0. The normalized spacial score (nSPS) is 10.7. The molecule has 1 N–H and O–H groups in total. The standard InChI is InChI=1S/C13H18N6O4/c1-3-23-9-17-8-11(7-14-17)15-13(20)4-5-18-10(2)6-12(16-18)19(21)22/h6-8H,3-5,9H2,1-2H3,(H,15,20). The number of nitrogens with zero attached hydrogens (tertiary/aromatic N) is 5. The summed E-state index contributed by atoms with van der Waals surface area (Å²) in [4.78, 5) is 22.0. The largest absolute Gasteiger partial charge is 0.390 e. The maximum atomic E-state index is 11.9. The molecule has 0 aliphatic rings. The van der Waals surface area contributed by atoms with Gasteiger partial charge in [0.15, 0.2) is 0 Å². The second kappa shape index (κ2) is 7.49. The number of nitrogens with one attached hydrogen (secondary N) is 1. The van der Waals surface area contributed by atoms with Crippen molar-refractivity contribution >= 4 is 17.4 Å². The lowest BCUT2D eigenvalue weighted by Crippen LogP contribution is -2.15. The van der Waals surface area contributed by atoms with Gasteiger partial charge in [0.05, 0.1) is 41.5 Å². The Morgan fingerprint density at radius 2 is 2.30 bits per heavy atom. The highest BCUT2D eigenvalue weighted by Crippen LogP contribution is 2.12. The van der Waals surface area contributed by atoms with Crippen LogP contribution in [0.2, 0.25) is 0 Å². The van der Waals surface area contributed by atoms with Crippen LogP contribution in [-0.2, 0) is 22.8 Å². The smallest absolute Gasteiger partial charge is 0.360 e. The summed E-state index contributed by atoms with van der Waals surface area (Å²) in [5.74, 6) is -0.446. The van der Waals surface area contributed by atoms with Crippen molar-refractivity contribution in [3.8, 4) is 0 Å². The Hall–Kier alpha value is -2.75. The molecule has 0 saturated carbocycles. The molecule has 2 aromatic heterocycles. The highest BCUT2D eigenvalue weighted by atomic mass is 16.6. The molecule has 10 nitrogen and oxygen atoms in total. The Kier molecular flexibility index (Phi) is 5.41. The van der Waals surface area contributed by atoms with Gasteiger partial charge in [0.2, 0.25) is 5.91 Å². The molecule has 0 atom stereocenters. The predicted octanol–water partition coefficient (Wildman–Crippen LogP) is 1.32. The summed E-state index contributed by atoms with van der Waals surface area (Å²) in [6, 6.07) is 1.37. The van der Waals surface area contributed by atoms with Gasteiger partial charge in [-0.05, 0) is 18.8 Å². The van der Waals surface area contributed by atoms with Gasteiger partial charge < -0.3 is 20.2 Å². The van der Waals surface area contributed by atoms with E-state index in [2.05, 4.69) is 15.5 Å². The van der Waals surface area contributed by atoms with Crippen LogP contribution in [0.1, 0.15) is 19.0 Å². The van der Waals surface area contributed by atoms with E-state index < -0.39 is 4.92 Å². The van der Waals surface area contributed by atoms with Crippen LogP contribution in [0, 0.1) is 17.0 Å². The van der Waals surface area contributed by atoms with Gasteiger partial charge in [-0.2, -0.15) is 9.78 Å². The molecule has 0 saturated heterocycles. The molecule has 0 aliphatic carbocycles. The van der Waals surface area contributed by atoms with Crippen LogP contribution in [0.5, 0.6) is 0 Å². The molecule has 0 aromatic carbocycles. The van der Waals surface area contributed by atoms with Crippen LogP contribution in [0.25, 0.3) is 0 Å². The zero-order valence-corrected chi connectivity index (χ0v) is 12.9. The number of ether oxygens (including phenoxy) is 1. The number of carbonyl (C=O) groups excluding carboxylic acids is 1. The van der Waals surface area contributed by atoms with Gasteiger partial charge in [0.25, 0.3) is 0 Å². The molecule has 23 heavy (non-hydrogen) atoms. The fourth-order valence-electron chi connectivity index (χ4n) is 1.92. The van der Waals surface area contributed by atoms with Crippen LogP contribution < -0.4 is 5.32 Å². The van der Waals surface area contributed by atoms with Gasteiger partial charge in [-0.15, -0.1) is 0 Å². The molecule has 124 valence electrons. The first-order valence-electron chi connectivity index (χ1n) is 7.08. The molecule has 2 heterocycles. The number of aromatic nitrogens is 4. The summed E-state index contributed by atoms with van der Waals surface area (Å²) in [7, 11) is 0. The number of rotatable bonds is 8. The van der Waals surface area contributed by atoms with Crippen molar-refractivity contribution < 1.29 is 14.5 Å². The average molecular weight is 322 g/mol. The molecule has 0 fully saturated rings. The highest BCUT2D eigenvalue weighted by Gasteiger charge is 2.16. The van der Waals surface area contributed by atoms with E-state index in [-0.39, 0.29) is 24.7 Å². The van der Waals surface area contributed by atoms with Crippen LogP contribution in [-0.4, -0.2) is 37.0 Å². The second-order valence-corrected chi connectivity index (χ2v) is 4.81. The minimum absolute atomic E-state index is 0.149. The number of carbonyl (C=O) groups is 1. The number of aryl methyl sites for hydroxylation is 2. The lowest BCUT2D eigenvalue weighted by atomic mass is 10.3. The lowest BCUT2D eigenvalue weighted by molar-refractivity contribution is -0.389. The second-order valence-electron chi connectivity index (χ2n) is 4.81. The average Bonchev–Trinajstić information content (AvgIpc) is 3.10. The Morgan fingerprint density at radius 3 is 2.96 bits per heavy atom. The van der Waals surface area contributed by atoms with Crippen molar-refractivity contribution in [2.45, 2.75) is 33.5 Å². The molecule has 0 spiro atoms. The number of nitro groups is 1. The Balaban J connectivity index is 1.85. The Morgan fingerprint density at radius 1 is 1.52 bits per heavy atom. The van der Waals surface area contributed by atoms with E-state index >= 15 is 0 Å². The van der Waals surface area contributed by atoms with Crippen LogP contribution >= 0.6 is 0 Å². The van der Waals surface area contributed by atoms with E-state index in [1.54, 1.807) is 17.8 Å². The lowest BCUT2D eigenvalue weighted by Gasteiger charge is -2.02. The summed E-state index contributed by atoms with van der Waals surface area (Å²) in [6.45, 7) is 4.75. The third kappa shape index (κ3) is 4.61. The number of anilines is 1. The van der Waals surface area contributed by atoms with Crippen molar-refractivity contribution in [3.63, 3.8) is 0 Å². The quantitative estimate of drug-likeness (QED) is 0.578. The molecular formula is C13H18N6O4. The molecule has 0 unspecified atom stereocenters. The summed E-state index contributed by atoms with van der Waals surface area (Å²) < 4.78 is 8.21. The van der Waals surface area contributed by atoms with Gasteiger partial charge in [-0.25, -0.2) is 4.68 Å². The van der Waals surface area contributed by atoms with Crippen molar-refractivity contribution in [2.24, 2.45) is 0 Å². The molecule has 0 bridgehead atoms. The SMILES string of the molecule is CCOCn1cc(NC(=O)CCn2nc([N+](=O)[O-])cc2C)cn1. The maximum Gasteiger partial charge on any atom is 0.390 e. The summed E-state index contributed by atoms with van der Waals surface area (Å²) in [5.41, 5.74) is 1.20. The zero-order valence-electron chi connectivity index (χ0n) is 12.9. The molecule has 2 rings (SSSR count). The summed E-state index contributed by atoms with van der Waals surface area (Å²) in [6.07, 6.45) is 3.34. The number of hydrogen-bond acceptors (Lipinski definition) is 6. The first kappa shape index (κ1) is 16.6. The minimum Gasteiger partial charge on any atom is -0.360 e. The van der Waals surface area contributed by atoms with Gasteiger partial charge in [-0.1, -0.05) is 0 Å². The molecule has 2 aromatic rings. The molecule has 0 aliphatic heterocycles. The van der Waals surface area contributed by atoms with E-state index in [1.165, 1.54) is 16.9 Å². The topological polar surface area (TPSA) is 117 Å². The molecule has 1 amide bonds. The fraction of sp³-hybridized carbons (Fsp3) is 0.462. The van der Waals surface area contributed by atoms with Crippen molar-refractivity contribution in [1.82, 2.24) is 19.6 Å². The van der Waals surface area contributed by atoms with Crippen LogP contribution in [0.3, 0.4) is 0 Å². The maximum absolute atomic E-state index is 11.9. The molecule has 0 radical (unpaired) electrons. The van der Waals surface area contributed by atoms with Crippen LogP contribution in [0.4, 0.5) is 11.5 Å². The fourth-order valence-corrected chi connectivity index (χ4v) is 1.92.